The predicted octanol–water partition coefficient (Wildman–Crippen LogP) is 3.50. The van der Waals surface area contributed by atoms with E-state index in [0.717, 1.165) is 17.1 Å². The van der Waals surface area contributed by atoms with E-state index in [2.05, 4.69) is 15.6 Å². The van der Waals surface area contributed by atoms with Crippen molar-refractivity contribution in [2.24, 2.45) is 0 Å². The number of benzene rings is 2. The van der Waals surface area contributed by atoms with Crippen LogP contribution in [0, 0.1) is 0 Å². The number of carbonyl (C=O) groups is 1. The van der Waals surface area contributed by atoms with Crippen LogP contribution >= 0.6 is 0 Å². The van der Waals surface area contributed by atoms with Gasteiger partial charge in [0.1, 0.15) is 11.6 Å². The molecule has 5 nitrogen and oxygen atoms in total. The normalized spacial score (nSPS) is 10.2. The third-order valence-corrected chi connectivity index (χ3v) is 3.70. The van der Waals surface area contributed by atoms with Gasteiger partial charge < -0.3 is 15.7 Å². The minimum atomic E-state index is -0.122. The van der Waals surface area contributed by atoms with E-state index in [0.29, 0.717) is 18.5 Å². The molecular formula is C20H19N3O2. The first kappa shape index (κ1) is 16.5. The lowest BCUT2D eigenvalue weighted by atomic mass is 10.1. The maximum atomic E-state index is 12.3. The Bertz CT molecular complexity index is 833. The molecule has 3 aromatic rings. The molecule has 126 valence electrons. The number of amides is 1. The van der Waals surface area contributed by atoms with Gasteiger partial charge in [-0.1, -0.05) is 24.3 Å². The first-order chi connectivity index (χ1) is 12.2. The second-order valence-electron chi connectivity index (χ2n) is 5.59. The number of nitrogens with zero attached hydrogens (tertiary/aromatic N) is 1. The maximum absolute atomic E-state index is 12.3. The van der Waals surface area contributed by atoms with Gasteiger partial charge in [0.25, 0.3) is 5.91 Å². The molecule has 0 saturated carbocycles. The molecule has 0 aliphatic heterocycles. The Hall–Kier alpha value is -3.34. The molecule has 0 aliphatic carbocycles. The van der Waals surface area contributed by atoms with Crippen LogP contribution in [0.15, 0.2) is 72.9 Å². The summed E-state index contributed by atoms with van der Waals surface area (Å²) in [5.74, 6) is 0.848. The number of pyridine rings is 1. The summed E-state index contributed by atoms with van der Waals surface area (Å²) in [7, 11) is 0. The minimum Gasteiger partial charge on any atom is -0.508 e. The Kier molecular flexibility index (Phi) is 5.26. The van der Waals surface area contributed by atoms with E-state index < -0.39 is 0 Å². The van der Waals surface area contributed by atoms with E-state index >= 15 is 0 Å². The summed E-state index contributed by atoms with van der Waals surface area (Å²) in [6, 6.07) is 19.9. The Balaban J connectivity index is 1.56. The Morgan fingerprint density at radius 3 is 2.60 bits per heavy atom. The van der Waals surface area contributed by atoms with Crippen molar-refractivity contribution < 1.29 is 9.90 Å². The van der Waals surface area contributed by atoms with Gasteiger partial charge in [0.15, 0.2) is 0 Å². The molecule has 0 bridgehead atoms. The van der Waals surface area contributed by atoms with Crippen LogP contribution in [0.2, 0.25) is 0 Å². The largest absolute Gasteiger partial charge is 0.508 e. The Labute approximate surface area is 146 Å². The average Bonchev–Trinajstić information content (AvgIpc) is 2.64. The fraction of sp³-hybridized carbons (Fsp3) is 0.100. The number of aromatic nitrogens is 1. The number of anilines is 2. The van der Waals surface area contributed by atoms with Crippen molar-refractivity contribution in [1.29, 1.82) is 0 Å². The summed E-state index contributed by atoms with van der Waals surface area (Å²) >= 11 is 0. The van der Waals surface area contributed by atoms with Gasteiger partial charge in [-0.15, -0.1) is 0 Å². The zero-order valence-corrected chi connectivity index (χ0v) is 13.6. The van der Waals surface area contributed by atoms with Crippen LogP contribution in [0.4, 0.5) is 11.5 Å². The Morgan fingerprint density at radius 2 is 1.84 bits per heavy atom. The molecular weight excluding hydrogens is 314 g/mol. The zero-order chi connectivity index (χ0) is 17.5. The van der Waals surface area contributed by atoms with Crippen LogP contribution in [0.25, 0.3) is 0 Å². The van der Waals surface area contributed by atoms with Crippen LogP contribution in [0.5, 0.6) is 5.75 Å². The van der Waals surface area contributed by atoms with Crippen molar-refractivity contribution in [1.82, 2.24) is 10.3 Å². The summed E-state index contributed by atoms with van der Waals surface area (Å²) in [5, 5.41) is 15.4. The molecule has 2 aromatic carbocycles. The second-order valence-corrected chi connectivity index (χ2v) is 5.59. The molecule has 0 saturated heterocycles. The number of nitrogens with one attached hydrogen (secondary N) is 2. The number of phenolic OH excluding ortho intramolecular Hbond substituents is 1. The standard InChI is InChI=1S/C20H19N3O2/c24-18-9-7-15(8-10-18)11-13-22-20(25)16-4-3-5-17(14-16)23-19-6-1-2-12-21-19/h1-10,12,14,24H,11,13H2,(H,21,23)(H,22,25). The van der Waals surface area contributed by atoms with Gasteiger partial charge in [-0.2, -0.15) is 0 Å². The lowest BCUT2D eigenvalue weighted by Crippen LogP contribution is -2.25. The van der Waals surface area contributed by atoms with E-state index in [1.807, 2.05) is 42.5 Å². The quantitative estimate of drug-likeness (QED) is 0.645. The van der Waals surface area contributed by atoms with Gasteiger partial charge >= 0.3 is 0 Å². The highest BCUT2D eigenvalue weighted by atomic mass is 16.3. The van der Waals surface area contributed by atoms with E-state index in [-0.39, 0.29) is 11.7 Å². The average molecular weight is 333 g/mol. The molecule has 3 rings (SSSR count). The van der Waals surface area contributed by atoms with Crippen molar-refractivity contribution in [2.45, 2.75) is 6.42 Å². The highest BCUT2D eigenvalue weighted by molar-refractivity contribution is 5.95. The van der Waals surface area contributed by atoms with Gasteiger partial charge in [0, 0.05) is 24.0 Å². The highest BCUT2D eigenvalue weighted by Gasteiger charge is 2.06. The molecule has 3 N–H and O–H groups in total. The first-order valence-electron chi connectivity index (χ1n) is 8.05. The third-order valence-electron chi connectivity index (χ3n) is 3.70. The third kappa shape index (κ3) is 4.81. The van der Waals surface area contributed by atoms with Crippen LogP contribution in [0.1, 0.15) is 15.9 Å². The molecule has 0 atom stereocenters. The lowest BCUT2D eigenvalue weighted by molar-refractivity contribution is 0.0954. The molecule has 1 heterocycles. The predicted molar refractivity (Wildman–Crippen MR) is 98.1 cm³/mol. The number of rotatable bonds is 6. The van der Waals surface area contributed by atoms with Gasteiger partial charge in [-0.05, 0) is 54.4 Å². The van der Waals surface area contributed by atoms with E-state index in [9.17, 15) is 9.90 Å². The molecule has 0 fully saturated rings. The molecule has 25 heavy (non-hydrogen) atoms. The molecule has 1 aromatic heterocycles. The topological polar surface area (TPSA) is 74.2 Å². The van der Waals surface area contributed by atoms with Crippen molar-refractivity contribution >= 4 is 17.4 Å². The van der Waals surface area contributed by atoms with E-state index in [4.69, 9.17) is 0 Å². The van der Waals surface area contributed by atoms with Gasteiger partial charge in [-0.25, -0.2) is 4.98 Å². The summed E-state index contributed by atoms with van der Waals surface area (Å²) < 4.78 is 0. The summed E-state index contributed by atoms with van der Waals surface area (Å²) in [6.07, 6.45) is 2.42. The first-order valence-corrected chi connectivity index (χ1v) is 8.05. The van der Waals surface area contributed by atoms with Gasteiger partial charge in [-0.3, -0.25) is 4.79 Å². The molecule has 0 unspecified atom stereocenters. The van der Waals surface area contributed by atoms with Crippen LogP contribution < -0.4 is 10.6 Å². The molecule has 0 radical (unpaired) electrons. The lowest BCUT2D eigenvalue weighted by Gasteiger charge is -2.09. The summed E-state index contributed by atoms with van der Waals surface area (Å²) in [5.41, 5.74) is 2.46. The zero-order valence-electron chi connectivity index (χ0n) is 13.6. The van der Waals surface area contributed by atoms with E-state index in [1.54, 1.807) is 30.5 Å². The van der Waals surface area contributed by atoms with E-state index in [1.165, 1.54) is 0 Å². The highest BCUT2D eigenvalue weighted by Crippen LogP contribution is 2.15. The Morgan fingerprint density at radius 1 is 1.00 bits per heavy atom. The minimum absolute atomic E-state index is 0.122. The number of phenols is 1. The fourth-order valence-corrected chi connectivity index (χ4v) is 2.41. The number of hydrogen-bond donors (Lipinski definition) is 3. The summed E-state index contributed by atoms with van der Waals surface area (Å²) in [6.45, 7) is 0.529. The SMILES string of the molecule is O=C(NCCc1ccc(O)cc1)c1cccc(Nc2ccccn2)c1. The number of carbonyl (C=O) groups excluding carboxylic acids is 1. The maximum Gasteiger partial charge on any atom is 0.251 e. The fourth-order valence-electron chi connectivity index (χ4n) is 2.41. The van der Waals surface area contributed by atoms with Crippen LogP contribution in [0.3, 0.4) is 0 Å². The monoisotopic (exact) mass is 333 g/mol. The van der Waals surface area contributed by atoms with Crippen molar-refractivity contribution in [3.63, 3.8) is 0 Å². The van der Waals surface area contributed by atoms with Gasteiger partial charge in [0.2, 0.25) is 0 Å². The molecule has 1 amide bonds. The van der Waals surface area contributed by atoms with Gasteiger partial charge in [0.05, 0.1) is 0 Å². The number of aromatic hydroxyl groups is 1. The second kappa shape index (κ2) is 7.97. The van der Waals surface area contributed by atoms with Crippen molar-refractivity contribution in [2.75, 3.05) is 11.9 Å². The molecule has 0 spiro atoms. The van der Waals surface area contributed by atoms with Crippen molar-refractivity contribution in [3.05, 3.63) is 84.1 Å². The smallest absolute Gasteiger partial charge is 0.251 e. The molecule has 5 heteroatoms. The van der Waals surface area contributed by atoms with Crippen LogP contribution in [-0.2, 0) is 6.42 Å². The summed E-state index contributed by atoms with van der Waals surface area (Å²) in [4.78, 5) is 16.5. The van der Waals surface area contributed by atoms with Crippen LogP contribution in [-0.4, -0.2) is 22.5 Å². The van der Waals surface area contributed by atoms with Crippen molar-refractivity contribution in [3.8, 4) is 5.75 Å². The number of hydrogen-bond acceptors (Lipinski definition) is 4. The molecule has 0 aliphatic rings.